The van der Waals surface area contributed by atoms with Crippen LogP contribution in [0.2, 0.25) is 0 Å². The van der Waals surface area contributed by atoms with Crippen molar-refractivity contribution in [2.75, 3.05) is 0 Å². The second-order valence-electron chi connectivity index (χ2n) is 10.0. The van der Waals surface area contributed by atoms with Gasteiger partial charge in [-0.2, -0.15) is 13.2 Å². The Morgan fingerprint density at radius 2 is 1.77 bits per heavy atom. The zero-order valence-corrected chi connectivity index (χ0v) is 21.4. The number of hydrogen-bond acceptors (Lipinski definition) is 3. The summed E-state index contributed by atoms with van der Waals surface area (Å²) >= 11 is 0. The van der Waals surface area contributed by atoms with Crippen LogP contribution in [0.15, 0.2) is 29.4 Å². The molecule has 4 nitrogen and oxygen atoms in total. The van der Waals surface area contributed by atoms with E-state index in [0.29, 0.717) is 31.2 Å². The molecular weight excluding hydrogens is 455 g/mol. The number of amides is 1. The number of phenolic OH excluding ortho intramolecular Hbond substituents is 2. The maximum absolute atomic E-state index is 13.9. The van der Waals surface area contributed by atoms with E-state index in [0.717, 1.165) is 31.3 Å². The summed E-state index contributed by atoms with van der Waals surface area (Å²) in [5, 5.41) is 24.0. The lowest BCUT2D eigenvalue weighted by atomic mass is 9.92. The number of allylic oxidation sites excluding steroid dienone is 4. The normalized spacial score (nSPS) is 15.8. The third-order valence-corrected chi connectivity index (χ3v) is 6.84. The third-order valence-electron chi connectivity index (χ3n) is 6.84. The first-order valence-electron chi connectivity index (χ1n) is 12.7. The van der Waals surface area contributed by atoms with Gasteiger partial charge >= 0.3 is 6.18 Å². The van der Waals surface area contributed by atoms with Crippen molar-refractivity contribution in [3.63, 3.8) is 0 Å². The molecule has 1 aromatic rings. The predicted molar refractivity (Wildman–Crippen MR) is 134 cm³/mol. The molecular formula is C28H40F3NO3. The van der Waals surface area contributed by atoms with Crippen molar-refractivity contribution >= 4 is 5.91 Å². The first-order valence-corrected chi connectivity index (χ1v) is 12.7. The quantitative estimate of drug-likeness (QED) is 0.218. The molecule has 1 saturated carbocycles. The van der Waals surface area contributed by atoms with E-state index in [2.05, 4.69) is 11.4 Å². The molecule has 0 radical (unpaired) electrons. The molecule has 3 N–H and O–H groups in total. The molecule has 196 valence electrons. The molecule has 0 aromatic heterocycles. The van der Waals surface area contributed by atoms with Gasteiger partial charge in [0.05, 0.1) is 5.56 Å². The van der Waals surface area contributed by atoms with Gasteiger partial charge in [0.2, 0.25) is 0 Å². The molecule has 0 aliphatic heterocycles. The third kappa shape index (κ3) is 7.52. The largest absolute Gasteiger partial charge is 0.508 e. The highest BCUT2D eigenvalue weighted by atomic mass is 19.4. The van der Waals surface area contributed by atoms with Gasteiger partial charge in [0, 0.05) is 5.56 Å². The SMILES string of the molecule is CCCCCc1cc(O)c(C/C=C(\C)CCC=C(C)C)c(O)c1C(=O)NC1(C(F)(F)F)CCCC1. The molecule has 0 unspecified atom stereocenters. The van der Waals surface area contributed by atoms with E-state index in [-0.39, 0.29) is 36.1 Å². The molecule has 0 bridgehead atoms. The van der Waals surface area contributed by atoms with Crippen molar-refractivity contribution in [3.8, 4) is 11.5 Å². The second-order valence-corrected chi connectivity index (χ2v) is 10.0. The Kier molecular flexibility index (Phi) is 10.3. The molecule has 0 atom stereocenters. The van der Waals surface area contributed by atoms with Gasteiger partial charge < -0.3 is 15.5 Å². The average molecular weight is 496 g/mol. The molecule has 0 spiro atoms. The summed E-state index contributed by atoms with van der Waals surface area (Å²) in [6.45, 7) is 8.02. The van der Waals surface area contributed by atoms with Gasteiger partial charge in [0.25, 0.3) is 5.91 Å². The van der Waals surface area contributed by atoms with Crippen LogP contribution < -0.4 is 5.32 Å². The fourth-order valence-electron chi connectivity index (χ4n) is 4.67. The number of alkyl halides is 3. The highest BCUT2D eigenvalue weighted by Crippen LogP contribution is 2.44. The molecule has 1 aliphatic rings. The van der Waals surface area contributed by atoms with E-state index in [1.807, 2.05) is 33.8 Å². The Morgan fingerprint density at radius 3 is 2.34 bits per heavy atom. The summed E-state index contributed by atoms with van der Waals surface area (Å²) in [6, 6.07) is 1.43. The van der Waals surface area contributed by atoms with E-state index < -0.39 is 23.4 Å². The number of benzene rings is 1. The van der Waals surface area contributed by atoms with Gasteiger partial charge in [-0.15, -0.1) is 0 Å². The van der Waals surface area contributed by atoms with Gasteiger partial charge in [-0.3, -0.25) is 4.79 Å². The zero-order valence-electron chi connectivity index (χ0n) is 21.4. The van der Waals surface area contributed by atoms with Gasteiger partial charge in [-0.1, -0.05) is 55.9 Å². The maximum atomic E-state index is 13.9. The van der Waals surface area contributed by atoms with Crippen molar-refractivity contribution < 1.29 is 28.2 Å². The number of rotatable bonds is 11. The fraction of sp³-hybridized carbons (Fsp3) is 0.607. The Labute approximate surface area is 207 Å². The minimum Gasteiger partial charge on any atom is -0.508 e. The highest BCUT2D eigenvalue weighted by Gasteiger charge is 2.57. The molecule has 1 amide bonds. The minimum absolute atomic E-state index is 0.148. The van der Waals surface area contributed by atoms with Gasteiger partial charge in [0.1, 0.15) is 17.0 Å². The molecule has 1 aromatic carbocycles. The van der Waals surface area contributed by atoms with Crippen molar-refractivity contribution in [2.45, 2.75) is 110 Å². The predicted octanol–water partition coefficient (Wildman–Crippen LogP) is 7.67. The number of hydrogen-bond donors (Lipinski definition) is 3. The number of aryl methyl sites for hydroxylation is 1. The number of aromatic hydroxyl groups is 2. The van der Waals surface area contributed by atoms with Crippen LogP contribution in [0.25, 0.3) is 0 Å². The Morgan fingerprint density at radius 1 is 1.11 bits per heavy atom. The van der Waals surface area contributed by atoms with E-state index in [1.165, 1.54) is 11.6 Å². The zero-order chi connectivity index (χ0) is 26.2. The number of halogens is 3. The number of carbonyl (C=O) groups is 1. The lowest BCUT2D eigenvalue weighted by molar-refractivity contribution is -0.191. The molecule has 2 rings (SSSR count). The number of nitrogens with one attached hydrogen (secondary N) is 1. The molecule has 0 saturated heterocycles. The Balaban J connectivity index is 2.41. The Bertz CT molecular complexity index is 938. The first-order chi connectivity index (χ1) is 16.4. The molecule has 35 heavy (non-hydrogen) atoms. The highest BCUT2D eigenvalue weighted by molar-refractivity contribution is 5.99. The topological polar surface area (TPSA) is 69.6 Å². The molecule has 1 fully saturated rings. The van der Waals surface area contributed by atoms with Gasteiger partial charge in [-0.05, 0) is 77.3 Å². The number of unbranched alkanes of at least 4 members (excludes halogenated alkanes) is 2. The molecule has 0 heterocycles. The van der Waals surface area contributed by atoms with Crippen LogP contribution in [0.4, 0.5) is 13.2 Å². The molecule has 1 aliphatic carbocycles. The average Bonchev–Trinajstić information content (AvgIpc) is 3.23. The van der Waals surface area contributed by atoms with Crippen molar-refractivity contribution in [1.82, 2.24) is 5.32 Å². The van der Waals surface area contributed by atoms with E-state index in [1.54, 1.807) is 0 Å². The standard InChI is InChI=1S/C28H40F3NO3/c1-5-6-7-13-21-18-23(33)22(15-14-20(4)12-10-11-19(2)3)25(34)24(21)26(35)32-27(28(29,30)31)16-8-9-17-27/h11,14,18,33-34H,5-10,12-13,15-17H2,1-4H3,(H,32,35)/b20-14+. The van der Waals surface area contributed by atoms with Crippen LogP contribution in [0.5, 0.6) is 11.5 Å². The summed E-state index contributed by atoms with van der Waals surface area (Å²) in [4.78, 5) is 13.3. The van der Waals surface area contributed by atoms with E-state index in [4.69, 9.17) is 0 Å². The van der Waals surface area contributed by atoms with Crippen molar-refractivity contribution in [3.05, 3.63) is 46.1 Å². The van der Waals surface area contributed by atoms with Crippen LogP contribution >= 0.6 is 0 Å². The van der Waals surface area contributed by atoms with Crippen LogP contribution in [-0.2, 0) is 12.8 Å². The molecule has 7 heteroatoms. The van der Waals surface area contributed by atoms with Crippen LogP contribution in [0, 0.1) is 0 Å². The number of carbonyl (C=O) groups excluding carboxylic acids is 1. The summed E-state index contributed by atoms with van der Waals surface area (Å²) in [6.07, 6.45) is 4.56. The maximum Gasteiger partial charge on any atom is 0.411 e. The lowest BCUT2D eigenvalue weighted by Gasteiger charge is -2.33. The smallest absolute Gasteiger partial charge is 0.411 e. The van der Waals surface area contributed by atoms with Crippen LogP contribution in [-0.4, -0.2) is 27.8 Å². The van der Waals surface area contributed by atoms with Gasteiger partial charge in [-0.25, -0.2) is 0 Å². The van der Waals surface area contributed by atoms with E-state index in [9.17, 15) is 28.2 Å². The summed E-state index contributed by atoms with van der Waals surface area (Å²) in [5.41, 5.74) is 0.372. The summed E-state index contributed by atoms with van der Waals surface area (Å²) in [5.74, 6) is -1.51. The second kappa shape index (κ2) is 12.5. The van der Waals surface area contributed by atoms with Crippen LogP contribution in [0.3, 0.4) is 0 Å². The first kappa shape index (κ1) is 28.8. The van der Waals surface area contributed by atoms with Gasteiger partial charge in [0.15, 0.2) is 0 Å². The van der Waals surface area contributed by atoms with Crippen molar-refractivity contribution in [1.29, 1.82) is 0 Å². The lowest BCUT2D eigenvalue weighted by Crippen LogP contribution is -2.57. The Hall–Kier alpha value is -2.44. The monoisotopic (exact) mass is 495 g/mol. The summed E-state index contributed by atoms with van der Waals surface area (Å²) < 4.78 is 41.8. The van der Waals surface area contributed by atoms with Crippen molar-refractivity contribution in [2.24, 2.45) is 0 Å². The fourth-order valence-corrected chi connectivity index (χ4v) is 4.67. The number of phenols is 2. The summed E-state index contributed by atoms with van der Waals surface area (Å²) in [7, 11) is 0. The van der Waals surface area contributed by atoms with Crippen LogP contribution in [0.1, 0.15) is 107 Å². The van der Waals surface area contributed by atoms with E-state index >= 15 is 0 Å². The minimum atomic E-state index is -4.58.